The maximum Gasteiger partial charge on any atom is 0.224 e. The lowest BCUT2D eigenvalue weighted by molar-refractivity contribution is -0.116. The molecule has 0 unspecified atom stereocenters. The molecule has 0 saturated carbocycles. The van der Waals surface area contributed by atoms with E-state index in [4.69, 9.17) is 9.47 Å². The number of anilines is 1. The van der Waals surface area contributed by atoms with Crippen LogP contribution in [0.25, 0.3) is 0 Å². The van der Waals surface area contributed by atoms with E-state index in [0.29, 0.717) is 19.5 Å². The summed E-state index contributed by atoms with van der Waals surface area (Å²) < 4.78 is 10.7. The van der Waals surface area contributed by atoms with E-state index in [0.717, 1.165) is 40.7 Å². The zero-order valence-corrected chi connectivity index (χ0v) is 18.5. The highest BCUT2D eigenvalue weighted by molar-refractivity contribution is 5.90. The third kappa shape index (κ3) is 6.69. The van der Waals surface area contributed by atoms with Crippen molar-refractivity contribution >= 4 is 17.6 Å². The van der Waals surface area contributed by atoms with E-state index in [1.165, 1.54) is 0 Å². The van der Waals surface area contributed by atoms with Crippen molar-refractivity contribution in [2.45, 2.75) is 32.9 Å². The van der Waals surface area contributed by atoms with Crippen LogP contribution >= 0.6 is 0 Å². The minimum atomic E-state index is 0.0411. The van der Waals surface area contributed by atoms with Crippen LogP contribution in [0, 0.1) is 0 Å². The molecule has 162 valence electrons. The Morgan fingerprint density at radius 3 is 2.43 bits per heavy atom. The second kappa shape index (κ2) is 11.7. The van der Waals surface area contributed by atoms with Crippen LogP contribution < -0.4 is 20.1 Å². The number of carbonyl (C=O) groups excluding carboxylic acids is 1. The predicted octanol–water partition coefficient (Wildman–Crippen LogP) is 3.65. The summed E-state index contributed by atoms with van der Waals surface area (Å²) in [6.45, 7) is 3.25. The molecule has 0 aromatic heterocycles. The molecule has 0 radical (unpaired) electrons. The Morgan fingerprint density at radius 2 is 1.83 bits per heavy atom. The van der Waals surface area contributed by atoms with Gasteiger partial charge in [-0.2, -0.15) is 0 Å². The van der Waals surface area contributed by atoms with Gasteiger partial charge in [-0.05, 0) is 36.2 Å². The summed E-state index contributed by atoms with van der Waals surface area (Å²) in [6, 6.07) is 13.6. The summed E-state index contributed by atoms with van der Waals surface area (Å²) in [5.41, 5.74) is 2.95. The molecular formula is C23H32N4O3. The molecule has 2 rings (SSSR count). The van der Waals surface area contributed by atoms with E-state index < -0.39 is 0 Å². The van der Waals surface area contributed by atoms with Crippen LogP contribution in [0.3, 0.4) is 0 Å². The number of guanidine groups is 1. The van der Waals surface area contributed by atoms with Crippen molar-refractivity contribution in [1.29, 1.82) is 0 Å². The summed E-state index contributed by atoms with van der Waals surface area (Å²) in [7, 11) is 7.03. The highest BCUT2D eigenvalue weighted by Gasteiger charge is 2.11. The molecular weight excluding hydrogens is 380 g/mol. The van der Waals surface area contributed by atoms with Crippen LogP contribution in [0.5, 0.6) is 11.5 Å². The van der Waals surface area contributed by atoms with E-state index >= 15 is 0 Å². The standard InChI is InChI=1S/C23H32N4O3/c1-6-7-22(28)26-19-11-8-17(9-12-19)15-25-23(24-2)27(3)16-18-10-13-20(29-4)14-21(18)30-5/h8-14H,6-7,15-16H2,1-5H3,(H,24,25)(H,26,28). The number of rotatable bonds is 9. The van der Waals surface area contributed by atoms with Gasteiger partial charge >= 0.3 is 0 Å². The van der Waals surface area contributed by atoms with Gasteiger partial charge in [0.1, 0.15) is 11.5 Å². The maximum atomic E-state index is 11.7. The summed E-state index contributed by atoms with van der Waals surface area (Å²) in [6.07, 6.45) is 1.37. The third-order valence-corrected chi connectivity index (χ3v) is 4.64. The van der Waals surface area contributed by atoms with Gasteiger partial charge in [0.05, 0.1) is 14.2 Å². The molecule has 0 aliphatic carbocycles. The summed E-state index contributed by atoms with van der Waals surface area (Å²) >= 11 is 0. The van der Waals surface area contributed by atoms with Crippen molar-refractivity contribution in [2.24, 2.45) is 4.99 Å². The van der Waals surface area contributed by atoms with Gasteiger partial charge < -0.3 is 25.0 Å². The van der Waals surface area contributed by atoms with E-state index in [2.05, 4.69) is 15.6 Å². The number of carbonyl (C=O) groups is 1. The lowest BCUT2D eigenvalue weighted by atomic mass is 10.2. The molecule has 7 nitrogen and oxygen atoms in total. The fraction of sp³-hybridized carbons (Fsp3) is 0.391. The fourth-order valence-electron chi connectivity index (χ4n) is 3.04. The second-order valence-corrected chi connectivity index (χ2v) is 6.93. The number of ether oxygens (including phenoxy) is 2. The highest BCUT2D eigenvalue weighted by Crippen LogP contribution is 2.25. The first kappa shape index (κ1) is 23.1. The molecule has 0 bridgehead atoms. The quantitative estimate of drug-likeness (QED) is 0.486. The number of hydrogen-bond acceptors (Lipinski definition) is 4. The molecule has 2 N–H and O–H groups in total. The SMILES string of the molecule is CCCC(=O)Nc1ccc(CNC(=NC)N(C)Cc2ccc(OC)cc2OC)cc1. The first-order valence-electron chi connectivity index (χ1n) is 10.0. The summed E-state index contributed by atoms with van der Waals surface area (Å²) in [4.78, 5) is 18.1. The van der Waals surface area contributed by atoms with Crippen LogP contribution in [0.4, 0.5) is 5.69 Å². The molecule has 0 saturated heterocycles. The number of nitrogens with zero attached hydrogens (tertiary/aromatic N) is 2. The molecule has 0 aliphatic heterocycles. The Kier molecular flexibility index (Phi) is 9.00. The third-order valence-electron chi connectivity index (χ3n) is 4.64. The van der Waals surface area contributed by atoms with Gasteiger partial charge in [-0.3, -0.25) is 9.79 Å². The minimum absolute atomic E-state index is 0.0411. The number of hydrogen-bond donors (Lipinski definition) is 2. The zero-order valence-electron chi connectivity index (χ0n) is 18.5. The number of nitrogens with one attached hydrogen (secondary N) is 2. The van der Waals surface area contributed by atoms with E-state index in [9.17, 15) is 4.79 Å². The molecule has 0 fully saturated rings. The summed E-state index contributed by atoms with van der Waals surface area (Å²) in [5.74, 6) is 2.35. The van der Waals surface area contributed by atoms with E-state index in [1.54, 1.807) is 21.3 Å². The molecule has 2 aromatic rings. The monoisotopic (exact) mass is 412 g/mol. The average molecular weight is 413 g/mol. The van der Waals surface area contributed by atoms with Crippen molar-refractivity contribution in [3.63, 3.8) is 0 Å². The molecule has 0 aliphatic rings. The van der Waals surface area contributed by atoms with E-state index in [1.807, 2.05) is 61.3 Å². The number of benzene rings is 2. The Bertz CT molecular complexity index is 850. The largest absolute Gasteiger partial charge is 0.497 e. The molecule has 0 spiro atoms. The lowest BCUT2D eigenvalue weighted by Gasteiger charge is -2.23. The van der Waals surface area contributed by atoms with E-state index in [-0.39, 0.29) is 5.91 Å². The summed E-state index contributed by atoms with van der Waals surface area (Å²) in [5, 5.41) is 6.27. The van der Waals surface area contributed by atoms with Gasteiger partial charge in [-0.25, -0.2) is 0 Å². The second-order valence-electron chi connectivity index (χ2n) is 6.93. The zero-order chi connectivity index (χ0) is 21.9. The Hall–Kier alpha value is -3.22. The van der Waals surface area contributed by atoms with Crippen LogP contribution in [-0.2, 0) is 17.9 Å². The Balaban J connectivity index is 1.95. The molecule has 7 heteroatoms. The van der Waals surface area contributed by atoms with Crippen LogP contribution in [0.15, 0.2) is 47.5 Å². The number of methoxy groups -OCH3 is 2. The topological polar surface area (TPSA) is 75.2 Å². The highest BCUT2D eigenvalue weighted by atomic mass is 16.5. The maximum absolute atomic E-state index is 11.7. The van der Waals surface area contributed by atoms with Gasteiger partial charge in [0.2, 0.25) is 5.91 Å². The van der Waals surface area contributed by atoms with Gasteiger partial charge in [-0.15, -0.1) is 0 Å². The molecule has 0 atom stereocenters. The van der Waals surface area contributed by atoms with Crippen molar-refractivity contribution in [3.8, 4) is 11.5 Å². The Morgan fingerprint density at radius 1 is 1.10 bits per heavy atom. The molecule has 1 amide bonds. The first-order valence-corrected chi connectivity index (χ1v) is 10.0. The minimum Gasteiger partial charge on any atom is -0.497 e. The van der Waals surface area contributed by atoms with Gasteiger partial charge in [0, 0.05) is 50.9 Å². The Labute approximate surface area is 179 Å². The molecule has 0 heterocycles. The molecule has 2 aromatic carbocycles. The van der Waals surface area contributed by atoms with Crippen LogP contribution in [-0.4, -0.2) is 45.1 Å². The van der Waals surface area contributed by atoms with Crippen molar-refractivity contribution in [2.75, 3.05) is 33.6 Å². The number of amides is 1. The average Bonchev–Trinajstić information content (AvgIpc) is 2.75. The smallest absolute Gasteiger partial charge is 0.224 e. The van der Waals surface area contributed by atoms with Crippen molar-refractivity contribution < 1.29 is 14.3 Å². The van der Waals surface area contributed by atoms with Gasteiger partial charge in [0.15, 0.2) is 5.96 Å². The molecule has 30 heavy (non-hydrogen) atoms. The predicted molar refractivity (Wildman–Crippen MR) is 121 cm³/mol. The first-order chi connectivity index (χ1) is 14.5. The van der Waals surface area contributed by atoms with Crippen LogP contribution in [0.1, 0.15) is 30.9 Å². The van der Waals surface area contributed by atoms with Crippen molar-refractivity contribution in [1.82, 2.24) is 10.2 Å². The fourth-order valence-corrected chi connectivity index (χ4v) is 3.04. The lowest BCUT2D eigenvalue weighted by Crippen LogP contribution is -2.38. The van der Waals surface area contributed by atoms with Crippen molar-refractivity contribution in [3.05, 3.63) is 53.6 Å². The van der Waals surface area contributed by atoms with Gasteiger partial charge in [-0.1, -0.05) is 19.1 Å². The number of aliphatic imine (C=N–C) groups is 1. The normalized spacial score (nSPS) is 11.0. The van der Waals surface area contributed by atoms with Gasteiger partial charge in [0.25, 0.3) is 0 Å². The van der Waals surface area contributed by atoms with Crippen LogP contribution in [0.2, 0.25) is 0 Å².